The van der Waals surface area contributed by atoms with Crippen molar-refractivity contribution in [2.75, 3.05) is 26.4 Å². The lowest BCUT2D eigenvalue weighted by Crippen LogP contribution is -3.06. The number of aryl methyl sites for hydroxylation is 2. The van der Waals surface area contributed by atoms with Crippen molar-refractivity contribution in [3.05, 3.63) is 50.6 Å². The van der Waals surface area contributed by atoms with E-state index >= 15 is 0 Å². The topological polar surface area (TPSA) is 39.3 Å². The van der Waals surface area contributed by atoms with Crippen LogP contribution in [0.5, 0.6) is 0 Å². The summed E-state index contributed by atoms with van der Waals surface area (Å²) in [5.74, 6) is 0.713. The highest BCUT2D eigenvalue weighted by molar-refractivity contribution is 7.99. The van der Waals surface area contributed by atoms with Crippen LogP contribution in [-0.4, -0.2) is 35.9 Å². The van der Waals surface area contributed by atoms with Gasteiger partial charge in [-0.1, -0.05) is 17.8 Å². The van der Waals surface area contributed by atoms with Crippen LogP contribution in [0.2, 0.25) is 0 Å². The van der Waals surface area contributed by atoms with E-state index < -0.39 is 11.7 Å². The van der Waals surface area contributed by atoms with Crippen molar-refractivity contribution in [3.63, 3.8) is 0 Å². The summed E-state index contributed by atoms with van der Waals surface area (Å²) in [6.45, 7) is 0.849. The molecule has 0 saturated carbocycles. The predicted molar refractivity (Wildman–Crippen MR) is 115 cm³/mol. The van der Waals surface area contributed by atoms with E-state index in [0.717, 1.165) is 49.9 Å². The molecule has 0 aliphatic heterocycles. The molecule has 0 radical (unpaired) electrons. The number of hydrogen-bond donors (Lipinski definition) is 1. The Morgan fingerprint density at radius 3 is 2.73 bits per heavy atom. The molecule has 1 aliphatic rings. The number of nitrogens with zero attached hydrogens (tertiary/aromatic N) is 2. The van der Waals surface area contributed by atoms with Crippen LogP contribution in [0, 0.1) is 0 Å². The summed E-state index contributed by atoms with van der Waals surface area (Å²) in [6.07, 6.45) is -0.601. The zero-order chi connectivity index (χ0) is 21.5. The Labute approximate surface area is 180 Å². The number of thiophene rings is 1. The van der Waals surface area contributed by atoms with Gasteiger partial charge in [0.2, 0.25) is 0 Å². The number of aromatic nitrogens is 2. The van der Waals surface area contributed by atoms with Crippen LogP contribution >= 0.6 is 23.1 Å². The van der Waals surface area contributed by atoms with E-state index in [1.54, 1.807) is 17.4 Å². The van der Waals surface area contributed by atoms with Crippen LogP contribution in [0.1, 0.15) is 28.8 Å². The molecule has 1 N–H and O–H groups in total. The Hall–Kier alpha value is -1.84. The van der Waals surface area contributed by atoms with Crippen molar-refractivity contribution >= 4 is 33.3 Å². The molecular formula is C21H23F3N3OS2+. The minimum atomic E-state index is -4.47. The highest BCUT2D eigenvalue weighted by atomic mass is 32.2. The van der Waals surface area contributed by atoms with Crippen LogP contribution in [0.4, 0.5) is 13.2 Å². The van der Waals surface area contributed by atoms with Gasteiger partial charge in [0, 0.05) is 4.88 Å². The molecular weight excluding hydrogens is 431 g/mol. The smallest absolute Gasteiger partial charge is 0.339 e. The van der Waals surface area contributed by atoms with Crippen molar-refractivity contribution in [1.82, 2.24) is 9.55 Å². The maximum absolute atomic E-state index is 13.6. The lowest BCUT2D eigenvalue weighted by atomic mass is 9.97. The monoisotopic (exact) mass is 454 g/mol. The van der Waals surface area contributed by atoms with Crippen molar-refractivity contribution < 1.29 is 18.1 Å². The summed E-state index contributed by atoms with van der Waals surface area (Å²) in [6, 6.07) is 4.95. The third kappa shape index (κ3) is 4.15. The molecule has 0 bridgehead atoms. The van der Waals surface area contributed by atoms with Gasteiger partial charge in [-0.2, -0.15) is 13.2 Å². The molecule has 9 heteroatoms. The van der Waals surface area contributed by atoms with E-state index in [9.17, 15) is 18.0 Å². The van der Waals surface area contributed by atoms with Gasteiger partial charge in [-0.15, -0.1) is 11.3 Å². The standard InChI is InChI=1S/C21H22F3N3OS2/c1-26(2)10-11-29-20-25-18-17(15-8-3-4-9-16(15)30-18)19(28)27(20)14-7-5-6-13(12-14)21(22,23)24/h5-7,12H,3-4,8-11H2,1-2H3/p+1. The quantitative estimate of drug-likeness (QED) is 0.473. The van der Waals surface area contributed by atoms with E-state index in [0.29, 0.717) is 21.1 Å². The number of quaternary nitrogens is 1. The van der Waals surface area contributed by atoms with Gasteiger partial charge in [0.25, 0.3) is 5.56 Å². The molecule has 4 nitrogen and oxygen atoms in total. The van der Waals surface area contributed by atoms with E-state index in [-0.39, 0.29) is 11.2 Å². The average molecular weight is 455 g/mol. The van der Waals surface area contributed by atoms with E-state index in [1.807, 2.05) is 14.1 Å². The van der Waals surface area contributed by atoms with Crippen LogP contribution in [0.15, 0.2) is 34.2 Å². The number of thioether (sulfide) groups is 1. The maximum Gasteiger partial charge on any atom is 0.416 e. The van der Waals surface area contributed by atoms with Crippen molar-refractivity contribution in [2.24, 2.45) is 0 Å². The molecule has 2 aromatic heterocycles. The summed E-state index contributed by atoms with van der Waals surface area (Å²) >= 11 is 2.97. The Morgan fingerprint density at radius 2 is 2.00 bits per heavy atom. The normalized spacial score (nSPS) is 14.5. The number of fused-ring (bicyclic) bond motifs is 3. The fraction of sp³-hybridized carbons (Fsp3) is 0.429. The van der Waals surface area contributed by atoms with Crippen molar-refractivity contribution in [2.45, 2.75) is 37.0 Å². The molecule has 0 atom stereocenters. The van der Waals surface area contributed by atoms with Crippen LogP contribution in [0.3, 0.4) is 0 Å². The molecule has 30 heavy (non-hydrogen) atoms. The summed E-state index contributed by atoms with van der Waals surface area (Å²) in [5, 5.41) is 1.03. The van der Waals surface area contributed by atoms with Gasteiger partial charge in [0.15, 0.2) is 5.16 Å². The summed E-state index contributed by atoms with van der Waals surface area (Å²) in [7, 11) is 4.06. The largest absolute Gasteiger partial charge is 0.416 e. The van der Waals surface area contributed by atoms with Crippen LogP contribution < -0.4 is 10.5 Å². The second kappa shape index (κ2) is 8.36. The van der Waals surface area contributed by atoms with E-state index in [1.165, 1.54) is 32.2 Å². The van der Waals surface area contributed by atoms with Gasteiger partial charge in [-0.05, 0) is 49.4 Å². The third-order valence-electron chi connectivity index (χ3n) is 5.22. The predicted octanol–water partition coefficient (Wildman–Crippen LogP) is 3.58. The molecule has 160 valence electrons. The molecule has 1 aliphatic carbocycles. The van der Waals surface area contributed by atoms with Gasteiger partial charge < -0.3 is 4.90 Å². The second-order valence-electron chi connectivity index (χ2n) is 7.78. The molecule has 1 aromatic carbocycles. The number of rotatable bonds is 5. The molecule has 0 amide bonds. The summed E-state index contributed by atoms with van der Waals surface area (Å²) in [4.78, 5) is 21.5. The lowest BCUT2D eigenvalue weighted by molar-refractivity contribution is -0.855. The number of nitrogens with one attached hydrogen (secondary N) is 1. The molecule has 0 saturated heterocycles. The lowest BCUT2D eigenvalue weighted by Gasteiger charge is -2.15. The second-order valence-corrected chi connectivity index (χ2v) is 9.93. The number of alkyl halides is 3. The maximum atomic E-state index is 13.6. The first-order valence-electron chi connectivity index (χ1n) is 9.92. The number of benzene rings is 1. The van der Waals surface area contributed by atoms with Gasteiger partial charge in [-0.25, -0.2) is 4.98 Å². The SMILES string of the molecule is C[NH+](C)CCSc1nc2sc3c(c2c(=O)n1-c1cccc(C(F)(F)F)c1)CCCC3. The van der Waals surface area contributed by atoms with Crippen LogP contribution in [0.25, 0.3) is 15.9 Å². The highest BCUT2D eigenvalue weighted by Crippen LogP contribution is 2.36. The van der Waals surface area contributed by atoms with E-state index in [4.69, 9.17) is 4.98 Å². The Kier molecular flexibility index (Phi) is 5.96. The Morgan fingerprint density at radius 1 is 1.23 bits per heavy atom. The first kappa shape index (κ1) is 21.4. The van der Waals surface area contributed by atoms with Gasteiger partial charge in [0.1, 0.15) is 4.83 Å². The molecule has 3 aromatic rings. The summed E-state index contributed by atoms with van der Waals surface area (Å²) < 4.78 is 41.3. The first-order chi connectivity index (χ1) is 14.3. The zero-order valence-corrected chi connectivity index (χ0v) is 18.4. The van der Waals surface area contributed by atoms with E-state index in [2.05, 4.69) is 0 Å². The first-order valence-corrected chi connectivity index (χ1v) is 11.7. The summed E-state index contributed by atoms with van der Waals surface area (Å²) in [5.41, 5.74) is 0.208. The van der Waals surface area contributed by atoms with Crippen LogP contribution in [-0.2, 0) is 19.0 Å². The Balaban J connectivity index is 1.91. The minimum absolute atomic E-state index is 0.208. The van der Waals surface area contributed by atoms with Gasteiger partial charge >= 0.3 is 6.18 Å². The average Bonchev–Trinajstić information content (AvgIpc) is 3.06. The Bertz CT molecular complexity index is 1130. The molecule has 0 unspecified atom stereocenters. The molecule has 0 spiro atoms. The van der Waals surface area contributed by atoms with Crippen molar-refractivity contribution in [3.8, 4) is 5.69 Å². The fourth-order valence-electron chi connectivity index (χ4n) is 3.68. The number of halogens is 3. The minimum Gasteiger partial charge on any atom is -0.339 e. The zero-order valence-electron chi connectivity index (χ0n) is 16.8. The van der Waals surface area contributed by atoms with Gasteiger partial charge in [-0.3, -0.25) is 9.36 Å². The van der Waals surface area contributed by atoms with Crippen molar-refractivity contribution in [1.29, 1.82) is 0 Å². The molecule has 0 fully saturated rings. The molecule has 2 heterocycles. The highest BCUT2D eigenvalue weighted by Gasteiger charge is 2.31. The third-order valence-corrected chi connectivity index (χ3v) is 7.35. The number of hydrogen-bond acceptors (Lipinski definition) is 4. The fourth-order valence-corrected chi connectivity index (χ4v) is 6.15. The van der Waals surface area contributed by atoms with Gasteiger partial charge in [0.05, 0.1) is 43.0 Å². The molecule has 4 rings (SSSR count).